The van der Waals surface area contributed by atoms with Gasteiger partial charge in [-0.25, -0.2) is 0 Å². The third-order valence-corrected chi connectivity index (χ3v) is 5.70. The smallest absolute Gasteiger partial charge is 0.220 e. The van der Waals surface area contributed by atoms with Crippen molar-refractivity contribution >= 4 is 11.6 Å². The maximum Gasteiger partial charge on any atom is 0.220 e. The zero-order chi connectivity index (χ0) is 19.8. The van der Waals surface area contributed by atoms with Gasteiger partial charge in [-0.15, -0.1) is 6.58 Å². The molecular formula is C21H25N3O4. The standard InChI is InChI=1S/C21H25N3O4/c1-4-13-10-28-11-16-19(13)23-15-9-22-21(26)18(15)20(24(16)12(2)25)14-7-5-6-8-17(14)27-3/h4-9,13,16,19-20,22-23,26H,1,10-11H2,2-3H3. The number of methoxy groups -OCH3 is 1. The van der Waals surface area contributed by atoms with Gasteiger partial charge in [0.1, 0.15) is 5.75 Å². The Morgan fingerprint density at radius 3 is 2.89 bits per heavy atom. The molecule has 2 aromatic rings. The molecule has 1 amide bonds. The van der Waals surface area contributed by atoms with Crippen molar-refractivity contribution in [2.45, 2.75) is 25.0 Å². The number of anilines is 1. The first-order valence-electron chi connectivity index (χ1n) is 9.35. The molecule has 0 bridgehead atoms. The van der Waals surface area contributed by atoms with Crippen LogP contribution in [-0.2, 0) is 9.53 Å². The third-order valence-electron chi connectivity index (χ3n) is 5.70. The lowest BCUT2D eigenvalue weighted by Crippen LogP contribution is -2.57. The number of aromatic hydroxyl groups is 1. The summed E-state index contributed by atoms with van der Waals surface area (Å²) in [5, 5.41) is 14.2. The molecule has 3 N–H and O–H groups in total. The largest absolute Gasteiger partial charge is 0.496 e. The molecular weight excluding hydrogens is 358 g/mol. The summed E-state index contributed by atoms with van der Waals surface area (Å²) in [5.41, 5.74) is 2.19. The van der Waals surface area contributed by atoms with Crippen molar-refractivity contribution in [1.82, 2.24) is 9.88 Å². The molecule has 7 nitrogen and oxygen atoms in total. The van der Waals surface area contributed by atoms with Gasteiger partial charge in [0, 0.05) is 24.6 Å². The fourth-order valence-corrected chi connectivity index (χ4v) is 4.43. The quantitative estimate of drug-likeness (QED) is 0.710. The Hall–Kier alpha value is -2.93. The maximum atomic E-state index is 12.9. The predicted molar refractivity (Wildman–Crippen MR) is 106 cm³/mol. The van der Waals surface area contributed by atoms with Crippen LogP contribution in [0.15, 0.2) is 43.1 Å². The highest BCUT2D eigenvalue weighted by Crippen LogP contribution is 2.47. The third kappa shape index (κ3) is 2.82. The number of hydrogen-bond acceptors (Lipinski definition) is 5. The second kappa shape index (κ2) is 7.24. The predicted octanol–water partition coefficient (Wildman–Crippen LogP) is 2.66. The van der Waals surface area contributed by atoms with Crippen LogP contribution < -0.4 is 10.1 Å². The average molecular weight is 383 g/mol. The molecule has 3 heterocycles. The number of benzene rings is 1. The summed E-state index contributed by atoms with van der Waals surface area (Å²) in [5.74, 6) is 0.608. The van der Waals surface area contributed by atoms with Gasteiger partial charge < -0.3 is 29.8 Å². The van der Waals surface area contributed by atoms with E-state index in [-0.39, 0.29) is 29.8 Å². The van der Waals surface area contributed by atoms with Gasteiger partial charge in [0.05, 0.1) is 49.7 Å². The van der Waals surface area contributed by atoms with E-state index in [0.717, 1.165) is 11.3 Å². The van der Waals surface area contributed by atoms with Crippen LogP contribution in [0.5, 0.6) is 11.6 Å². The average Bonchev–Trinajstić information content (AvgIpc) is 2.98. The first-order chi connectivity index (χ1) is 13.6. The zero-order valence-electron chi connectivity index (χ0n) is 16.0. The first-order valence-corrected chi connectivity index (χ1v) is 9.35. The molecule has 2 aliphatic heterocycles. The molecule has 1 fully saturated rings. The van der Waals surface area contributed by atoms with Crippen molar-refractivity contribution in [2.75, 3.05) is 25.6 Å². The lowest BCUT2D eigenvalue weighted by molar-refractivity contribution is -0.137. The molecule has 4 unspecified atom stereocenters. The molecule has 28 heavy (non-hydrogen) atoms. The first kappa shape index (κ1) is 18.4. The number of hydrogen-bond donors (Lipinski definition) is 3. The van der Waals surface area contributed by atoms with Crippen molar-refractivity contribution in [2.24, 2.45) is 5.92 Å². The molecule has 0 aliphatic carbocycles. The van der Waals surface area contributed by atoms with Crippen LogP contribution >= 0.6 is 0 Å². The molecule has 148 valence electrons. The molecule has 0 radical (unpaired) electrons. The van der Waals surface area contributed by atoms with Gasteiger partial charge in [-0.05, 0) is 6.07 Å². The van der Waals surface area contributed by atoms with E-state index in [2.05, 4.69) is 16.9 Å². The highest BCUT2D eigenvalue weighted by atomic mass is 16.5. The topological polar surface area (TPSA) is 86.8 Å². The van der Waals surface area contributed by atoms with Crippen LogP contribution in [0.4, 0.5) is 5.69 Å². The highest BCUT2D eigenvalue weighted by Gasteiger charge is 2.46. The second-order valence-electron chi connectivity index (χ2n) is 7.21. The summed E-state index contributed by atoms with van der Waals surface area (Å²) < 4.78 is 11.4. The Morgan fingerprint density at radius 1 is 1.39 bits per heavy atom. The number of nitrogens with zero attached hydrogens (tertiary/aromatic N) is 1. The second-order valence-corrected chi connectivity index (χ2v) is 7.21. The number of aromatic nitrogens is 1. The van der Waals surface area contributed by atoms with Crippen molar-refractivity contribution in [3.63, 3.8) is 0 Å². The Labute approximate surface area is 164 Å². The summed E-state index contributed by atoms with van der Waals surface area (Å²) in [4.78, 5) is 17.6. The number of amides is 1. The van der Waals surface area contributed by atoms with Crippen LogP contribution in [0.1, 0.15) is 24.1 Å². The van der Waals surface area contributed by atoms with Gasteiger partial charge in [0.15, 0.2) is 5.88 Å². The lowest BCUT2D eigenvalue weighted by atomic mass is 9.89. The van der Waals surface area contributed by atoms with E-state index in [0.29, 0.717) is 24.5 Å². The Balaban J connectivity index is 1.95. The van der Waals surface area contributed by atoms with Crippen molar-refractivity contribution in [3.05, 3.63) is 54.2 Å². The number of H-pyrrole nitrogens is 1. The molecule has 0 spiro atoms. The van der Waals surface area contributed by atoms with Crippen molar-refractivity contribution in [1.29, 1.82) is 0 Å². The number of para-hydroxylation sites is 1. The van der Waals surface area contributed by atoms with E-state index in [1.807, 2.05) is 30.3 Å². The number of carbonyl (C=O) groups excluding carboxylic acids is 1. The Morgan fingerprint density at radius 2 is 2.18 bits per heavy atom. The van der Waals surface area contributed by atoms with Crippen LogP contribution in [0.3, 0.4) is 0 Å². The highest BCUT2D eigenvalue weighted by molar-refractivity contribution is 5.77. The molecule has 0 saturated carbocycles. The molecule has 7 heteroatoms. The molecule has 4 atom stereocenters. The van der Waals surface area contributed by atoms with E-state index in [1.165, 1.54) is 0 Å². The van der Waals surface area contributed by atoms with Crippen LogP contribution in [0, 0.1) is 5.92 Å². The maximum absolute atomic E-state index is 12.9. The number of ether oxygens (including phenoxy) is 2. The monoisotopic (exact) mass is 383 g/mol. The van der Waals surface area contributed by atoms with Crippen molar-refractivity contribution in [3.8, 4) is 11.6 Å². The Kier molecular flexibility index (Phi) is 4.77. The van der Waals surface area contributed by atoms with E-state index in [1.54, 1.807) is 25.1 Å². The van der Waals surface area contributed by atoms with Crippen LogP contribution in [-0.4, -0.2) is 53.3 Å². The minimum Gasteiger partial charge on any atom is -0.496 e. The fourth-order valence-electron chi connectivity index (χ4n) is 4.43. The number of aromatic amines is 1. The molecule has 1 aromatic carbocycles. The normalized spacial score (nSPS) is 26.4. The van der Waals surface area contributed by atoms with Gasteiger partial charge in [0.25, 0.3) is 0 Å². The Bertz CT molecular complexity index is 894. The summed E-state index contributed by atoms with van der Waals surface area (Å²) >= 11 is 0. The van der Waals surface area contributed by atoms with Crippen LogP contribution in [0.2, 0.25) is 0 Å². The fraction of sp³-hybridized carbons (Fsp3) is 0.381. The van der Waals surface area contributed by atoms with Crippen LogP contribution in [0.25, 0.3) is 0 Å². The van der Waals surface area contributed by atoms with Gasteiger partial charge in [0.2, 0.25) is 5.91 Å². The SMILES string of the molecule is C=CC1COCC2C1Nc1c[nH]c(O)c1C(c1ccccc1OC)N2C(C)=O. The summed E-state index contributed by atoms with van der Waals surface area (Å²) in [6.45, 7) is 6.43. The zero-order valence-corrected chi connectivity index (χ0v) is 16.0. The summed E-state index contributed by atoms with van der Waals surface area (Å²) in [6, 6.07) is 6.73. The summed E-state index contributed by atoms with van der Waals surface area (Å²) in [6.07, 6.45) is 3.60. The molecule has 2 aliphatic rings. The summed E-state index contributed by atoms with van der Waals surface area (Å²) in [7, 11) is 1.60. The van der Waals surface area contributed by atoms with E-state index in [9.17, 15) is 9.90 Å². The van der Waals surface area contributed by atoms with Gasteiger partial charge in [-0.1, -0.05) is 24.3 Å². The van der Waals surface area contributed by atoms with Crippen molar-refractivity contribution < 1.29 is 19.4 Å². The molecule has 4 rings (SSSR count). The van der Waals surface area contributed by atoms with E-state index >= 15 is 0 Å². The molecule has 1 saturated heterocycles. The number of fused-ring (bicyclic) bond motifs is 2. The van der Waals surface area contributed by atoms with Gasteiger partial charge >= 0.3 is 0 Å². The van der Waals surface area contributed by atoms with E-state index < -0.39 is 6.04 Å². The van der Waals surface area contributed by atoms with Gasteiger partial charge in [-0.3, -0.25) is 4.79 Å². The lowest BCUT2D eigenvalue weighted by Gasteiger charge is -2.44. The minimum atomic E-state index is -0.524. The van der Waals surface area contributed by atoms with Gasteiger partial charge in [-0.2, -0.15) is 0 Å². The van der Waals surface area contributed by atoms with E-state index in [4.69, 9.17) is 9.47 Å². The minimum absolute atomic E-state index is 0.0272. The number of nitrogens with one attached hydrogen (secondary N) is 2. The number of carbonyl (C=O) groups is 1. The number of rotatable bonds is 3. The molecule has 1 aromatic heterocycles.